The largest absolute Gasteiger partial charge is 0.339 e. The summed E-state index contributed by atoms with van der Waals surface area (Å²) in [6, 6.07) is 10.5. The fourth-order valence-electron chi connectivity index (χ4n) is 2.12. The van der Waals surface area contributed by atoms with Gasteiger partial charge in [0.1, 0.15) is 5.82 Å². The first kappa shape index (κ1) is 19.6. The van der Waals surface area contributed by atoms with E-state index in [0.29, 0.717) is 5.82 Å². The van der Waals surface area contributed by atoms with Crippen LogP contribution in [-0.4, -0.2) is 38.5 Å². The maximum Gasteiger partial charge on any atom is 0.242 e. The molecule has 7 heteroatoms. The molecule has 0 saturated heterocycles. The number of nitrogens with one attached hydrogen (secondary N) is 1. The van der Waals surface area contributed by atoms with Crippen molar-refractivity contribution in [2.75, 3.05) is 19.4 Å². The molecule has 2 rings (SSSR count). The second-order valence-corrected chi connectivity index (χ2v) is 7.89. The third-order valence-electron chi connectivity index (χ3n) is 3.68. The molecule has 26 heavy (non-hydrogen) atoms. The maximum absolute atomic E-state index is 12.1. The van der Waals surface area contributed by atoms with Crippen LogP contribution in [0.15, 0.2) is 76.7 Å². The highest BCUT2D eigenvalue weighted by atomic mass is 32.2. The normalized spacial score (nSPS) is 12.9. The minimum Gasteiger partial charge on any atom is -0.339 e. The zero-order valence-electron chi connectivity index (χ0n) is 15.0. The number of allylic oxidation sites excluding steroid dienone is 3. The molecule has 0 bridgehead atoms. The lowest BCUT2D eigenvalue weighted by molar-refractivity contribution is 0.521. The second kappa shape index (κ2) is 8.55. The number of nitrogens with zero attached hydrogens (tertiary/aromatic N) is 3. The quantitative estimate of drug-likeness (QED) is 0.599. The van der Waals surface area contributed by atoms with Crippen LogP contribution >= 0.6 is 0 Å². The number of benzene rings is 1. The lowest BCUT2D eigenvalue weighted by Crippen LogP contribution is -2.22. The summed E-state index contributed by atoms with van der Waals surface area (Å²) in [6.07, 6.45) is 7.09. The predicted octanol–water partition coefficient (Wildman–Crippen LogP) is 3.39. The Morgan fingerprint density at radius 3 is 2.42 bits per heavy atom. The SMILES string of the molecule is C=N/C(=C\C=C(/C)c1ccc(S(=O)(=O)N(C)C)cc1)Nc1cccnc1. The van der Waals surface area contributed by atoms with Gasteiger partial charge in [-0.3, -0.25) is 4.98 Å². The average molecular weight is 370 g/mol. The zero-order valence-corrected chi connectivity index (χ0v) is 15.9. The van der Waals surface area contributed by atoms with Crippen molar-refractivity contribution in [3.63, 3.8) is 0 Å². The van der Waals surface area contributed by atoms with Gasteiger partial charge in [-0.05, 0) is 55.1 Å². The highest BCUT2D eigenvalue weighted by Crippen LogP contribution is 2.19. The molecule has 0 unspecified atom stereocenters. The molecule has 0 aliphatic carbocycles. The summed E-state index contributed by atoms with van der Waals surface area (Å²) in [5.74, 6) is 0.587. The van der Waals surface area contributed by atoms with Gasteiger partial charge >= 0.3 is 0 Å². The minimum absolute atomic E-state index is 0.265. The molecular weight excluding hydrogens is 348 g/mol. The lowest BCUT2D eigenvalue weighted by atomic mass is 10.1. The molecule has 6 nitrogen and oxygen atoms in total. The van der Waals surface area contributed by atoms with Gasteiger partial charge in [-0.1, -0.05) is 18.2 Å². The Hall–Kier alpha value is -2.77. The van der Waals surface area contributed by atoms with E-state index in [0.717, 1.165) is 16.8 Å². The third-order valence-corrected chi connectivity index (χ3v) is 5.51. The summed E-state index contributed by atoms with van der Waals surface area (Å²) >= 11 is 0. The molecule has 0 amide bonds. The number of sulfonamides is 1. The second-order valence-electron chi connectivity index (χ2n) is 5.74. The molecule has 136 valence electrons. The van der Waals surface area contributed by atoms with Crippen molar-refractivity contribution in [2.24, 2.45) is 4.99 Å². The van der Waals surface area contributed by atoms with Crippen molar-refractivity contribution in [1.29, 1.82) is 0 Å². The maximum atomic E-state index is 12.1. The van der Waals surface area contributed by atoms with E-state index in [1.165, 1.54) is 18.4 Å². The molecule has 0 fully saturated rings. The molecular formula is C19H22N4O2S. The van der Waals surface area contributed by atoms with Gasteiger partial charge in [0, 0.05) is 20.3 Å². The Kier molecular flexibility index (Phi) is 6.43. The van der Waals surface area contributed by atoms with Crippen molar-refractivity contribution in [3.8, 4) is 0 Å². The van der Waals surface area contributed by atoms with Gasteiger partial charge in [-0.25, -0.2) is 17.7 Å². The fraction of sp³-hybridized carbons (Fsp3) is 0.158. The van der Waals surface area contributed by atoms with E-state index in [9.17, 15) is 8.42 Å². The van der Waals surface area contributed by atoms with Gasteiger partial charge in [-0.2, -0.15) is 0 Å². The zero-order chi connectivity index (χ0) is 19.2. The Morgan fingerprint density at radius 2 is 1.88 bits per heavy atom. The number of hydrogen-bond acceptors (Lipinski definition) is 5. The van der Waals surface area contributed by atoms with E-state index in [4.69, 9.17) is 0 Å². The number of anilines is 1. The monoisotopic (exact) mass is 370 g/mol. The Bertz CT molecular complexity index is 916. The molecule has 1 aromatic carbocycles. The number of rotatable bonds is 7. The van der Waals surface area contributed by atoms with Gasteiger partial charge in [0.05, 0.1) is 16.8 Å². The predicted molar refractivity (Wildman–Crippen MR) is 106 cm³/mol. The Labute approximate surface area is 154 Å². The molecule has 0 radical (unpaired) electrons. The van der Waals surface area contributed by atoms with Gasteiger partial charge < -0.3 is 5.32 Å². The molecule has 0 saturated carbocycles. The van der Waals surface area contributed by atoms with Crippen LogP contribution in [0.25, 0.3) is 5.57 Å². The fourth-order valence-corrected chi connectivity index (χ4v) is 3.02. The van der Waals surface area contributed by atoms with E-state index in [1.54, 1.807) is 42.7 Å². The van der Waals surface area contributed by atoms with E-state index < -0.39 is 10.0 Å². The van der Waals surface area contributed by atoms with Crippen molar-refractivity contribution in [1.82, 2.24) is 9.29 Å². The van der Waals surface area contributed by atoms with Crippen LogP contribution in [0.3, 0.4) is 0 Å². The lowest BCUT2D eigenvalue weighted by Gasteiger charge is -2.11. The van der Waals surface area contributed by atoms with Crippen molar-refractivity contribution in [2.45, 2.75) is 11.8 Å². The van der Waals surface area contributed by atoms with Crippen LogP contribution in [0.4, 0.5) is 5.69 Å². The van der Waals surface area contributed by atoms with Crippen LogP contribution in [0.1, 0.15) is 12.5 Å². The number of aliphatic imine (C=N–C) groups is 1. The first-order valence-electron chi connectivity index (χ1n) is 7.90. The summed E-state index contributed by atoms with van der Waals surface area (Å²) in [5, 5.41) is 3.12. The summed E-state index contributed by atoms with van der Waals surface area (Å²) in [4.78, 5) is 8.26. The molecule has 0 aliphatic rings. The summed E-state index contributed by atoms with van der Waals surface area (Å²) in [5.41, 5.74) is 2.70. The first-order chi connectivity index (χ1) is 12.3. The van der Waals surface area contributed by atoms with Gasteiger partial charge in [0.2, 0.25) is 10.0 Å². The Balaban J connectivity index is 2.19. The molecule has 1 aromatic heterocycles. The van der Waals surface area contributed by atoms with Crippen molar-refractivity contribution < 1.29 is 8.42 Å². The van der Waals surface area contributed by atoms with Crippen LogP contribution in [-0.2, 0) is 10.0 Å². The topological polar surface area (TPSA) is 74.7 Å². The molecule has 2 aromatic rings. The average Bonchev–Trinajstić information content (AvgIpc) is 2.65. The molecule has 0 aliphatic heterocycles. The smallest absolute Gasteiger partial charge is 0.242 e. The number of pyridine rings is 1. The number of hydrogen-bond donors (Lipinski definition) is 1. The third kappa shape index (κ3) is 4.87. The summed E-state index contributed by atoms with van der Waals surface area (Å²) < 4.78 is 25.4. The van der Waals surface area contributed by atoms with Gasteiger partial charge in [-0.15, -0.1) is 0 Å². The summed E-state index contributed by atoms with van der Waals surface area (Å²) in [6.45, 7) is 5.50. The first-order valence-corrected chi connectivity index (χ1v) is 9.34. The Morgan fingerprint density at radius 1 is 1.19 bits per heavy atom. The standard InChI is InChI=1S/C19H22N4O2S/c1-15(7-12-19(20-2)22-17-6-5-13-21-14-17)16-8-10-18(11-9-16)26(24,25)23(3)4/h5-14,22H,2H2,1,3-4H3/b15-7+,19-12+. The van der Waals surface area contributed by atoms with Crippen molar-refractivity contribution in [3.05, 3.63) is 72.3 Å². The minimum atomic E-state index is -3.42. The van der Waals surface area contributed by atoms with Crippen molar-refractivity contribution >= 4 is 28.0 Å². The molecule has 1 heterocycles. The molecule has 1 N–H and O–H groups in total. The van der Waals surface area contributed by atoms with Crippen LogP contribution in [0.2, 0.25) is 0 Å². The van der Waals surface area contributed by atoms with E-state index >= 15 is 0 Å². The highest BCUT2D eigenvalue weighted by Gasteiger charge is 2.16. The number of aromatic nitrogens is 1. The molecule has 0 atom stereocenters. The van der Waals surface area contributed by atoms with Gasteiger partial charge in [0.25, 0.3) is 0 Å². The van der Waals surface area contributed by atoms with E-state index in [-0.39, 0.29) is 4.90 Å². The van der Waals surface area contributed by atoms with E-state index in [1.807, 2.05) is 25.1 Å². The van der Waals surface area contributed by atoms with Crippen LogP contribution in [0.5, 0.6) is 0 Å². The van der Waals surface area contributed by atoms with Crippen LogP contribution < -0.4 is 5.32 Å². The summed E-state index contributed by atoms with van der Waals surface area (Å²) in [7, 11) is -0.397. The molecule has 0 spiro atoms. The van der Waals surface area contributed by atoms with E-state index in [2.05, 4.69) is 22.0 Å². The van der Waals surface area contributed by atoms with Crippen LogP contribution in [0, 0.1) is 0 Å². The highest BCUT2D eigenvalue weighted by molar-refractivity contribution is 7.89. The van der Waals surface area contributed by atoms with Gasteiger partial charge in [0.15, 0.2) is 0 Å².